The lowest BCUT2D eigenvalue weighted by Crippen LogP contribution is -2.37. The summed E-state index contributed by atoms with van der Waals surface area (Å²) in [6.07, 6.45) is 4.93. The smallest absolute Gasteiger partial charge is 0.0900 e. The molecular weight excluding hydrogens is 178 g/mol. The van der Waals surface area contributed by atoms with Crippen molar-refractivity contribution in [2.45, 2.75) is 44.8 Å². The molecule has 0 saturated heterocycles. The highest BCUT2D eigenvalue weighted by atomic mass is 16.5. The highest BCUT2D eigenvalue weighted by Crippen LogP contribution is 2.22. The van der Waals surface area contributed by atoms with E-state index in [4.69, 9.17) is 4.74 Å². The average molecular weight is 201 g/mol. The highest BCUT2D eigenvalue weighted by Gasteiger charge is 2.21. The molecule has 1 atom stereocenters. The third-order valence-electron chi connectivity index (χ3n) is 2.96. The summed E-state index contributed by atoms with van der Waals surface area (Å²) in [5.41, 5.74) is 0. The average Bonchev–Trinajstić information content (AvgIpc) is 2.67. The lowest BCUT2D eigenvalue weighted by atomic mass is 10.2. The Morgan fingerprint density at radius 1 is 1.43 bits per heavy atom. The number of hydrogen-bond donors (Lipinski definition) is 1. The van der Waals surface area contributed by atoms with Crippen molar-refractivity contribution in [1.82, 2.24) is 4.90 Å². The predicted molar refractivity (Wildman–Crippen MR) is 57.4 cm³/mol. The zero-order valence-electron chi connectivity index (χ0n) is 9.41. The second-order valence-electron chi connectivity index (χ2n) is 4.19. The molecule has 0 aromatic rings. The molecule has 0 spiro atoms. The van der Waals surface area contributed by atoms with Crippen LogP contribution < -0.4 is 0 Å². The number of ether oxygens (including phenoxy) is 1. The maximum atomic E-state index is 9.64. The van der Waals surface area contributed by atoms with Crippen LogP contribution in [0.2, 0.25) is 0 Å². The molecule has 0 amide bonds. The Labute approximate surface area is 87.1 Å². The molecule has 1 saturated carbocycles. The van der Waals surface area contributed by atoms with Crippen molar-refractivity contribution >= 4 is 0 Å². The number of aliphatic hydroxyl groups excluding tert-OH is 1. The van der Waals surface area contributed by atoms with E-state index in [-0.39, 0.29) is 6.10 Å². The van der Waals surface area contributed by atoms with Crippen molar-refractivity contribution in [2.24, 2.45) is 0 Å². The van der Waals surface area contributed by atoms with Crippen molar-refractivity contribution in [2.75, 3.05) is 26.8 Å². The van der Waals surface area contributed by atoms with Gasteiger partial charge in [-0.1, -0.05) is 12.8 Å². The summed E-state index contributed by atoms with van der Waals surface area (Å²) >= 11 is 0. The van der Waals surface area contributed by atoms with Gasteiger partial charge >= 0.3 is 0 Å². The molecule has 1 unspecified atom stereocenters. The Kier molecular flexibility index (Phi) is 5.45. The lowest BCUT2D eigenvalue weighted by Gasteiger charge is -2.26. The van der Waals surface area contributed by atoms with Gasteiger partial charge in [0.15, 0.2) is 0 Å². The number of likely N-dealkylation sites (N-methyl/N-ethyl adjacent to an activating group) is 1. The van der Waals surface area contributed by atoms with Gasteiger partial charge in [0.25, 0.3) is 0 Å². The molecule has 1 rings (SSSR count). The molecule has 3 heteroatoms. The van der Waals surface area contributed by atoms with Gasteiger partial charge in [-0.2, -0.15) is 0 Å². The molecule has 0 radical (unpaired) electrons. The van der Waals surface area contributed by atoms with Gasteiger partial charge in [-0.05, 0) is 26.8 Å². The molecule has 14 heavy (non-hydrogen) atoms. The zero-order valence-corrected chi connectivity index (χ0v) is 9.41. The summed E-state index contributed by atoms with van der Waals surface area (Å²) in [7, 11) is 2.10. The summed E-state index contributed by atoms with van der Waals surface area (Å²) in [4.78, 5) is 2.27. The summed E-state index contributed by atoms with van der Waals surface area (Å²) in [5, 5.41) is 9.64. The van der Waals surface area contributed by atoms with E-state index in [1.165, 1.54) is 25.7 Å². The number of hydrogen-bond acceptors (Lipinski definition) is 3. The first-order valence-electron chi connectivity index (χ1n) is 5.70. The minimum atomic E-state index is -0.333. The van der Waals surface area contributed by atoms with Crippen LogP contribution in [0.1, 0.15) is 32.6 Å². The minimum absolute atomic E-state index is 0.333. The molecule has 0 bridgehead atoms. The van der Waals surface area contributed by atoms with E-state index in [2.05, 4.69) is 11.9 Å². The standard InChI is InChI=1S/C11H23NO2/c1-3-14-9-11(13)8-12(2)10-6-4-5-7-10/h10-11,13H,3-9H2,1-2H3. The van der Waals surface area contributed by atoms with E-state index in [0.29, 0.717) is 19.3 Å². The first-order valence-corrected chi connectivity index (χ1v) is 5.70. The minimum Gasteiger partial charge on any atom is -0.389 e. The van der Waals surface area contributed by atoms with E-state index < -0.39 is 0 Å². The van der Waals surface area contributed by atoms with Crippen LogP contribution in [0.4, 0.5) is 0 Å². The fourth-order valence-corrected chi connectivity index (χ4v) is 2.13. The molecule has 84 valence electrons. The van der Waals surface area contributed by atoms with Crippen LogP contribution in [0.3, 0.4) is 0 Å². The Balaban J connectivity index is 2.14. The van der Waals surface area contributed by atoms with E-state index in [1.54, 1.807) is 0 Å². The molecule has 0 aromatic carbocycles. The van der Waals surface area contributed by atoms with Gasteiger partial charge < -0.3 is 14.7 Å². The molecule has 3 nitrogen and oxygen atoms in total. The first-order chi connectivity index (χ1) is 6.74. The Bertz CT molecular complexity index is 146. The van der Waals surface area contributed by atoms with Gasteiger partial charge in [-0.3, -0.25) is 0 Å². The van der Waals surface area contributed by atoms with Crippen LogP contribution in [0, 0.1) is 0 Å². The predicted octanol–water partition coefficient (Wildman–Crippen LogP) is 1.26. The maximum absolute atomic E-state index is 9.64. The number of rotatable bonds is 6. The zero-order chi connectivity index (χ0) is 10.4. The quantitative estimate of drug-likeness (QED) is 0.702. The topological polar surface area (TPSA) is 32.7 Å². The number of aliphatic hydroxyl groups is 1. The van der Waals surface area contributed by atoms with Crippen molar-refractivity contribution in [3.05, 3.63) is 0 Å². The third kappa shape index (κ3) is 3.95. The van der Waals surface area contributed by atoms with Crippen LogP contribution >= 0.6 is 0 Å². The highest BCUT2D eigenvalue weighted by molar-refractivity contribution is 4.76. The van der Waals surface area contributed by atoms with Gasteiger partial charge in [0.1, 0.15) is 0 Å². The van der Waals surface area contributed by atoms with Crippen LogP contribution in [0.25, 0.3) is 0 Å². The van der Waals surface area contributed by atoms with Gasteiger partial charge in [0.2, 0.25) is 0 Å². The van der Waals surface area contributed by atoms with E-state index >= 15 is 0 Å². The first kappa shape index (κ1) is 12.0. The molecule has 1 aliphatic rings. The Hall–Kier alpha value is -0.120. The molecule has 1 aliphatic carbocycles. The Morgan fingerprint density at radius 2 is 2.07 bits per heavy atom. The van der Waals surface area contributed by atoms with Crippen LogP contribution in [0.15, 0.2) is 0 Å². The van der Waals surface area contributed by atoms with E-state index in [9.17, 15) is 5.11 Å². The van der Waals surface area contributed by atoms with Crippen LogP contribution in [0.5, 0.6) is 0 Å². The molecule has 1 N–H and O–H groups in total. The fourth-order valence-electron chi connectivity index (χ4n) is 2.13. The number of nitrogens with zero attached hydrogens (tertiary/aromatic N) is 1. The van der Waals surface area contributed by atoms with Crippen LogP contribution in [-0.4, -0.2) is 49.0 Å². The maximum Gasteiger partial charge on any atom is 0.0900 e. The fraction of sp³-hybridized carbons (Fsp3) is 1.00. The van der Waals surface area contributed by atoms with Crippen LogP contribution in [-0.2, 0) is 4.74 Å². The van der Waals surface area contributed by atoms with Crippen molar-refractivity contribution in [3.63, 3.8) is 0 Å². The lowest BCUT2D eigenvalue weighted by molar-refractivity contribution is 0.0189. The second kappa shape index (κ2) is 6.38. The van der Waals surface area contributed by atoms with Gasteiger partial charge in [-0.25, -0.2) is 0 Å². The monoisotopic (exact) mass is 201 g/mol. The summed E-state index contributed by atoms with van der Waals surface area (Å²) in [6.45, 7) is 3.84. The summed E-state index contributed by atoms with van der Waals surface area (Å²) in [6, 6.07) is 0.686. The van der Waals surface area contributed by atoms with E-state index in [0.717, 1.165) is 6.54 Å². The Morgan fingerprint density at radius 3 is 2.64 bits per heavy atom. The summed E-state index contributed by atoms with van der Waals surface area (Å²) < 4.78 is 5.18. The van der Waals surface area contributed by atoms with Gasteiger partial charge in [0.05, 0.1) is 12.7 Å². The van der Waals surface area contributed by atoms with Crippen molar-refractivity contribution < 1.29 is 9.84 Å². The molecular formula is C11H23NO2. The van der Waals surface area contributed by atoms with Crippen molar-refractivity contribution in [1.29, 1.82) is 0 Å². The largest absolute Gasteiger partial charge is 0.389 e. The van der Waals surface area contributed by atoms with Gasteiger partial charge in [-0.15, -0.1) is 0 Å². The molecule has 0 heterocycles. The SMILES string of the molecule is CCOCC(O)CN(C)C1CCCC1. The molecule has 0 aromatic heterocycles. The normalized spacial score (nSPS) is 20.6. The molecule has 0 aliphatic heterocycles. The van der Waals surface area contributed by atoms with Crippen molar-refractivity contribution in [3.8, 4) is 0 Å². The summed E-state index contributed by atoms with van der Waals surface area (Å²) in [5.74, 6) is 0. The third-order valence-corrected chi connectivity index (χ3v) is 2.96. The molecule has 1 fully saturated rings. The van der Waals surface area contributed by atoms with E-state index in [1.807, 2.05) is 6.92 Å². The van der Waals surface area contributed by atoms with Gasteiger partial charge in [0, 0.05) is 19.2 Å². The second-order valence-corrected chi connectivity index (χ2v) is 4.19.